The number of hydrogen-bond donors (Lipinski definition) is 2. The number of nitrogens with zero attached hydrogens (tertiary/aromatic N) is 1. The van der Waals surface area contributed by atoms with Crippen LogP contribution < -0.4 is 5.32 Å². The van der Waals surface area contributed by atoms with E-state index < -0.39 is 0 Å². The minimum Gasteiger partial charge on any atom is -0.306 e. The Bertz CT molecular complexity index is 328. The Balaban J connectivity index is 2.55. The second-order valence-electron chi connectivity index (χ2n) is 3.02. The molecule has 0 atom stereocenters. The number of allylic oxidation sites excluding steroid dienone is 1. The Hall–Kier alpha value is -1.58. The second kappa shape index (κ2) is 5.21. The Morgan fingerprint density at radius 1 is 1.71 bits per heavy atom. The minimum absolute atomic E-state index is 0.151. The summed E-state index contributed by atoms with van der Waals surface area (Å²) in [6.07, 6.45) is 5.17. The summed E-state index contributed by atoms with van der Waals surface area (Å²) in [7, 11) is 0. The number of aromatic amines is 1. The van der Waals surface area contributed by atoms with Crippen LogP contribution in [0.1, 0.15) is 26.0 Å². The maximum Gasteiger partial charge on any atom is 0.249 e. The van der Waals surface area contributed by atoms with Crippen LogP contribution in [-0.2, 0) is 11.2 Å². The van der Waals surface area contributed by atoms with Gasteiger partial charge in [-0.15, -0.1) is 0 Å². The molecular weight excluding hydrogens is 178 g/mol. The molecule has 14 heavy (non-hydrogen) atoms. The summed E-state index contributed by atoms with van der Waals surface area (Å²) in [4.78, 5) is 11.1. The quantitative estimate of drug-likeness (QED) is 0.717. The topological polar surface area (TPSA) is 57.8 Å². The average Bonchev–Trinajstić information content (AvgIpc) is 2.53. The number of anilines is 1. The van der Waals surface area contributed by atoms with Gasteiger partial charge in [-0.1, -0.05) is 19.4 Å². The zero-order valence-corrected chi connectivity index (χ0v) is 8.50. The molecule has 0 aliphatic rings. The van der Waals surface area contributed by atoms with Crippen molar-refractivity contribution in [2.75, 3.05) is 5.32 Å². The van der Waals surface area contributed by atoms with E-state index in [0.29, 0.717) is 5.82 Å². The molecule has 0 saturated heterocycles. The highest BCUT2D eigenvalue weighted by Crippen LogP contribution is 2.06. The van der Waals surface area contributed by atoms with Crippen LogP contribution in [0.5, 0.6) is 0 Å². The van der Waals surface area contributed by atoms with Crippen molar-refractivity contribution in [3.8, 4) is 0 Å². The lowest BCUT2D eigenvalue weighted by Gasteiger charge is -1.93. The number of aryl methyl sites for hydroxylation is 1. The average molecular weight is 193 g/mol. The predicted octanol–water partition coefficient (Wildman–Crippen LogP) is 1.88. The van der Waals surface area contributed by atoms with E-state index in [9.17, 15) is 4.79 Å². The van der Waals surface area contributed by atoms with Crippen LogP contribution in [0.25, 0.3) is 0 Å². The molecule has 1 aromatic heterocycles. The van der Waals surface area contributed by atoms with Gasteiger partial charge in [0.2, 0.25) is 5.91 Å². The van der Waals surface area contributed by atoms with Crippen molar-refractivity contribution in [3.63, 3.8) is 0 Å². The first kappa shape index (κ1) is 10.5. The van der Waals surface area contributed by atoms with Gasteiger partial charge in [-0.25, -0.2) is 0 Å². The van der Waals surface area contributed by atoms with E-state index in [-0.39, 0.29) is 5.91 Å². The zero-order chi connectivity index (χ0) is 10.4. The Labute approximate surface area is 83.4 Å². The lowest BCUT2D eigenvalue weighted by Crippen LogP contribution is -2.07. The maximum absolute atomic E-state index is 11.1. The molecule has 1 rings (SSSR count). The SMILES string of the molecule is C/C=C/C(=O)Nc1cc(CCC)[nH]n1. The maximum atomic E-state index is 11.1. The number of carbonyl (C=O) groups excluding carboxylic acids is 1. The van der Waals surface area contributed by atoms with E-state index in [1.165, 1.54) is 6.08 Å². The van der Waals surface area contributed by atoms with Crippen molar-refractivity contribution in [2.45, 2.75) is 26.7 Å². The minimum atomic E-state index is -0.151. The summed E-state index contributed by atoms with van der Waals surface area (Å²) in [5.74, 6) is 0.429. The van der Waals surface area contributed by atoms with Gasteiger partial charge in [0.15, 0.2) is 5.82 Å². The smallest absolute Gasteiger partial charge is 0.249 e. The predicted molar refractivity (Wildman–Crippen MR) is 56.0 cm³/mol. The van der Waals surface area contributed by atoms with Crippen LogP contribution in [0.2, 0.25) is 0 Å². The standard InChI is InChI=1S/C10H15N3O/c1-3-5-8-7-9(13-12-8)11-10(14)6-4-2/h4,6-7H,3,5H2,1-2H3,(H2,11,12,13,14)/b6-4+. The van der Waals surface area contributed by atoms with Crippen molar-refractivity contribution in [2.24, 2.45) is 0 Å². The normalized spacial score (nSPS) is 10.7. The van der Waals surface area contributed by atoms with Crippen LogP contribution in [0.4, 0.5) is 5.82 Å². The molecule has 0 saturated carbocycles. The van der Waals surface area contributed by atoms with E-state index in [0.717, 1.165) is 18.5 Å². The molecule has 0 unspecified atom stereocenters. The third kappa shape index (κ3) is 3.05. The number of hydrogen-bond acceptors (Lipinski definition) is 2. The van der Waals surface area contributed by atoms with Gasteiger partial charge in [0.25, 0.3) is 0 Å². The first-order valence-corrected chi connectivity index (χ1v) is 4.74. The molecule has 4 heteroatoms. The van der Waals surface area contributed by atoms with Crippen LogP contribution in [0.15, 0.2) is 18.2 Å². The first-order chi connectivity index (χ1) is 6.76. The summed E-state index contributed by atoms with van der Waals surface area (Å²) in [6, 6.07) is 1.85. The molecule has 0 radical (unpaired) electrons. The van der Waals surface area contributed by atoms with Gasteiger partial charge in [-0.05, 0) is 19.4 Å². The molecular formula is C10H15N3O. The Morgan fingerprint density at radius 2 is 2.50 bits per heavy atom. The second-order valence-corrected chi connectivity index (χ2v) is 3.02. The Morgan fingerprint density at radius 3 is 3.14 bits per heavy atom. The lowest BCUT2D eigenvalue weighted by molar-refractivity contribution is -0.111. The van der Waals surface area contributed by atoms with E-state index in [1.54, 1.807) is 13.0 Å². The van der Waals surface area contributed by atoms with Crippen molar-refractivity contribution < 1.29 is 4.79 Å². The van der Waals surface area contributed by atoms with Crippen molar-refractivity contribution in [1.29, 1.82) is 0 Å². The zero-order valence-electron chi connectivity index (χ0n) is 8.50. The van der Waals surface area contributed by atoms with Crippen molar-refractivity contribution >= 4 is 11.7 Å². The molecule has 0 spiro atoms. The van der Waals surface area contributed by atoms with E-state index >= 15 is 0 Å². The largest absolute Gasteiger partial charge is 0.306 e. The number of amides is 1. The summed E-state index contributed by atoms with van der Waals surface area (Å²) in [5, 5.41) is 9.49. The lowest BCUT2D eigenvalue weighted by atomic mass is 10.2. The van der Waals surface area contributed by atoms with Crippen LogP contribution in [0, 0.1) is 0 Å². The van der Waals surface area contributed by atoms with Crippen molar-refractivity contribution in [3.05, 3.63) is 23.9 Å². The summed E-state index contributed by atoms with van der Waals surface area (Å²) in [5.41, 5.74) is 1.04. The summed E-state index contributed by atoms with van der Waals surface area (Å²) < 4.78 is 0. The van der Waals surface area contributed by atoms with E-state index in [1.807, 2.05) is 6.07 Å². The Kier molecular flexibility index (Phi) is 3.91. The third-order valence-electron chi connectivity index (χ3n) is 1.72. The highest BCUT2D eigenvalue weighted by Gasteiger charge is 2.01. The molecule has 1 heterocycles. The molecule has 76 valence electrons. The van der Waals surface area contributed by atoms with Crippen molar-refractivity contribution in [1.82, 2.24) is 10.2 Å². The van der Waals surface area contributed by atoms with E-state index in [4.69, 9.17) is 0 Å². The molecule has 2 N–H and O–H groups in total. The summed E-state index contributed by atoms with van der Waals surface area (Å²) in [6.45, 7) is 3.89. The summed E-state index contributed by atoms with van der Waals surface area (Å²) >= 11 is 0. The molecule has 0 aromatic carbocycles. The fraction of sp³-hybridized carbons (Fsp3) is 0.400. The number of rotatable bonds is 4. The van der Waals surface area contributed by atoms with Gasteiger partial charge in [0.1, 0.15) is 0 Å². The fourth-order valence-electron chi connectivity index (χ4n) is 1.14. The van der Waals surface area contributed by atoms with Gasteiger partial charge in [0.05, 0.1) is 0 Å². The number of nitrogens with one attached hydrogen (secondary N) is 2. The molecule has 4 nitrogen and oxygen atoms in total. The highest BCUT2D eigenvalue weighted by atomic mass is 16.1. The van der Waals surface area contributed by atoms with E-state index in [2.05, 4.69) is 22.4 Å². The van der Waals surface area contributed by atoms with Crippen LogP contribution in [0.3, 0.4) is 0 Å². The van der Waals surface area contributed by atoms with Crippen LogP contribution >= 0.6 is 0 Å². The number of H-pyrrole nitrogens is 1. The molecule has 0 fully saturated rings. The molecule has 0 bridgehead atoms. The third-order valence-corrected chi connectivity index (χ3v) is 1.72. The molecule has 1 aromatic rings. The fourth-order valence-corrected chi connectivity index (χ4v) is 1.14. The van der Waals surface area contributed by atoms with Gasteiger partial charge < -0.3 is 5.32 Å². The molecule has 0 aliphatic heterocycles. The van der Waals surface area contributed by atoms with Gasteiger partial charge in [0, 0.05) is 11.8 Å². The van der Waals surface area contributed by atoms with Crippen LogP contribution in [-0.4, -0.2) is 16.1 Å². The number of aromatic nitrogens is 2. The highest BCUT2D eigenvalue weighted by molar-refractivity contribution is 5.98. The van der Waals surface area contributed by atoms with Gasteiger partial charge in [-0.2, -0.15) is 5.10 Å². The molecule has 1 amide bonds. The molecule has 0 aliphatic carbocycles. The van der Waals surface area contributed by atoms with Gasteiger partial charge >= 0.3 is 0 Å². The number of carbonyl (C=O) groups is 1. The first-order valence-electron chi connectivity index (χ1n) is 4.74. The van der Waals surface area contributed by atoms with Gasteiger partial charge in [-0.3, -0.25) is 9.89 Å². The monoisotopic (exact) mass is 193 g/mol.